The van der Waals surface area contributed by atoms with Crippen LogP contribution in [0.3, 0.4) is 0 Å². The van der Waals surface area contributed by atoms with E-state index in [1.54, 1.807) is 9.80 Å². The molecule has 0 bridgehead atoms. The lowest BCUT2D eigenvalue weighted by atomic mass is 9.72. The standard InChI is InChI=1S/C23H24F6N2O2S2/c24-22(25,26)21(23(27,28)29,17-1-3-19-15(9-17)11-30(5-7-34)13-32-19)18-2-4-20-16(10-18)12-31(6-8-35)14-33-20/h1-4,9-10,34-35H,5-8,11-14H2. The first kappa shape index (κ1) is 26.3. The summed E-state index contributed by atoms with van der Waals surface area (Å²) in [5, 5.41) is 0. The number of hydrogen-bond donors (Lipinski definition) is 2. The van der Waals surface area contributed by atoms with Gasteiger partial charge in [-0.2, -0.15) is 51.6 Å². The van der Waals surface area contributed by atoms with Crippen LogP contribution in [0.15, 0.2) is 36.4 Å². The number of halogens is 6. The van der Waals surface area contributed by atoms with E-state index in [-0.39, 0.29) is 49.2 Å². The molecule has 192 valence electrons. The van der Waals surface area contributed by atoms with Gasteiger partial charge in [0, 0.05) is 48.8 Å². The van der Waals surface area contributed by atoms with Gasteiger partial charge in [0.1, 0.15) is 25.0 Å². The highest BCUT2D eigenvalue weighted by Gasteiger charge is 2.72. The van der Waals surface area contributed by atoms with Gasteiger partial charge in [-0.15, -0.1) is 0 Å². The van der Waals surface area contributed by atoms with E-state index >= 15 is 0 Å². The zero-order valence-corrected chi connectivity index (χ0v) is 20.3. The Balaban J connectivity index is 1.87. The maximum absolute atomic E-state index is 14.7. The molecule has 12 heteroatoms. The number of rotatable bonds is 6. The Hall–Kier alpha value is -1.76. The predicted octanol–water partition coefficient (Wildman–Crippen LogP) is 5.26. The third-order valence-corrected chi connectivity index (χ3v) is 6.66. The minimum absolute atomic E-state index is 0.159. The molecule has 35 heavy (non-hydrogen) atoms. The van der Waals surface area contributed by atoms with Gasteiger partial charge in [0.2, 0.25) is 5.41 Å². The zero-order valence-electron chi connectivity index (χ0n) is 18.5. The fraction of sp³-hybridized carbons (Fsp3) is 0.478. The van der Waals surface area contributed by atoms with Crippen molar-refractivity contribution in [3.8, 4) is 11.5 Å². The summed E-state index contributed by atoms with van der Waals surface area (Å²) in [6.45, 7) is 1.64. The van der Waals surface area contributed by atoms with Gasteiger partial charge in [-0.05, 0) is 35.4 Å². The Kier molecular flexibility index (Phi) is 7.48. The second-order valence-electron chi connectivity index (χ2n) is 8.49. The molecule has 0 N–H and O–H groups in total. The molecule has 0 atom stereocenters. The van der Waals surface area contributed by atoms with E-state index in [1.807, 2.05) is 0 Å². The SMILES string of the molecule is FC(F)(F)C(c1ccc2c(c1)CN(CCS)CO2)(c1ccc2c(c1)CN(CCS)CO2)C(F)(F)F. The summed E-state index contributed by atoms with van der Waals surface area (Å²) in [6, 6.07) is 6.01. The molecular formula is C23H24F6N2O2S2. The van der Waals surface area contributed by atoms with Crippen LogP contribution in [0.5, 0.6) is 11.5 Å². The van der Waals surface area contributed by atoms with Crippen LogP contribution in [0.25, 0.3) is 0 Å². The molecule has 2 heterocycles. The van der Waals surface area contributed by atoms with E-state index in [0.717, 1.165) is 24.3 Å². The second-order valence-corrected chi connectivity index (χ2v) is 9.38. The lowest BCUT2D eigenvalue weighted by Gasteiger charge is -2.40. The number of hydrogen-bond acceptors (Lipinski definition) is 6. The van der Waals surface area contributed by atoms with Crippen molar-refractivity contribution in [3.05, 3.63) is 58.7 Å². The molecule has 0 aliphatic carbocycles. The minimum atomic E-state index is -5.67. The first-order valence-corrected chi connectivity index (χ1v) is 12.1. The van der Waals surface area contributed by atoms with Crippen LogP contribution < -0.4 is 9.47 Å². The third-order valence-electron chi connectivity index (χ3n) is 6.26. The first-order valence-electron chi connectivity index (χ1n) is 10.8. The van der Waals surface area contributed by atoms with E-state index < -0.39 is 28.9 Å². The van der Waals surface area contributed by atoms with Crippen molar-refractivity contribution < 1.29 is 35.8 Å². The fourth-order valence-corrected chi connectivity index (χ4v) is 5.17. The molecule has 4 nitrogen and oxygen atoms in total. The van der Waals surface area contributed by atoms with E-state index in [2.05, 4.69) is 25.3 Å². The smallest absolute Gasteiger partial charge is 0.411 e. The number of alkyl halides is 6. The molecule has 0 radical (unpaired) electrons. The van der Waals surface area contributed by atoms with Crippen molar-refractivity contribution >= 4 is 25.3 Å². The number of thiol groups is 2. The predicted molar refractivity (Wildman–Crippen MR) is 125 cm³/mol. The maximum atomic E-state index is 14.7. The van der Waals surface area contributed by atoms with Crippen molar-refractivity contribution in [1.29, 1.82) is 0 Å². The molecule has 0 unspecified atom stereocenters. The Morgan fingerprint density at radius 3 is 1.43 bits per heavy atom. The van der Waals surface area contributed by atoms with Crippen molar-refractivity contribution in [2.24, 2.45) is 0 Å². The second kappa shape index (κ2) is 9.95. The average molecular weight is 539 g/mol. The van der Waals surface area contributed by atoms with Gasteiger partial charge in [0.25, 0.3) is 0 Å². The molecule has 0 fully saturated rings. The summed E-state index contributed by atoms with van der Waals surface area (Å²) in [4.78, 5) is 3.52. The highest BCUT2D eigenvalue weighted by molar-refractivity contribution is 7.80. The van der Waals surface area contributed by atoms with E-state index in [0.29, 0.717) is 24.6 Å². The Bertz CT molecular complexity index is 980. The van der Waals surface area contributed by atoms with Gasteiger partial charge in [-0.1, -0.05) is 12.1 Å². The van der Waals surface area contributed by atoms with E-state index in [9.17, 15) is 26.3 Å². The molecule has 0 saturated carbocycles. The summed E-state index contributed by atoms with van der Waals surface area (Å²) in [5.41, 5.74) is -5.53. The summed E-state index contributed by atoms with van der Waals surface area (Å²) < 4.78 is 99.2. The zero-order chi connectivity index (χ0) is 25.4. The quantitative estimate of drug-likeness (QED) is 0.387. The van der Waals surface area contributed by atoms with Gasteiger partial charge < -0.3 is 9.47 Å². The minimum Gasteiger partial charge on any atom is -0.478 e. The van der Waals surface area contributed by atoms with Crippen molar-refractivity contribution in [2.45, 2.75) is 30.9 Å². The third kappa shape index (κ3) is 4.82. The largest absolute Gasteiger partial charge is 0.478 e. The molecule has 0 saturated heterocycles. The monoisotopic (exact) mass is 538 g/mol. The van der Waals surface area contributed by atoms with Gasteiger partial charge in [0.15, 0.2) is 0 Å². The van der Waals surface area contributed by atoms with Crippen LogP contribution in [0, 0.1) is 0 Å². The number of benzene rings is 2. The van der Waals surface area contributed by atoms with Crippen LogP contribution in [0.1, 0.15) is 22.3 Å². The molecule has 2 aromatic carbocycles. The number of ether oxygens (including phenoxy) is 2. The Labute approximate surface area is 210 Å². The molecule has 0 amide bonds. The highest BCUT2D eigenvalue weighted by atomic mass is 32.1. The molecule has 4 rings (SSSR count). The molecule has 0 aromatic heterocycles. The highest BCUT2D eigenvalue weighted by Crippen LogP contribution is 2.57. The van der Waals surface area contributed by atoms with Gasteiger partial charge >= 0.3 is 12.4 Å². The van der Waals surface area contributed by atoms with Crippen molar-refractivity contribution in [3.63, 3.8) is 0 Å². The normalized spacial score (nSPS) is 17.4. The van der Waals surface area contributed by atoms with Crippen molar-refractivity contribution in [1.82, 2.24) is 9.80 Å². The van der Waals surface area contributed by atoms with Gasteiger partial charge in [-0.3, -0.25) is 9.80 Å². The van der Waals surface area contributed by atoms with Gasteiger partial charge in [-0.25, -0.2) is 0 Å². The number of nitrogens with zero attached hydrogens (tertiary/aromatic N) is 2. The summed E-state index contributed by atoms with van der Waals surface area (Å²) in [5.74, 6) is 1.47. The van der Waals surface area contributed by atoms with Crippen LogP contribution in [-0.2, 0) is 18.5 Å². The molecule has 2 aromatic rings. The summed E-state index contributed by atoms with van der Waals surface area (Å²) >= 11 is 8.27. The first-order chi connectivity index (χ1) is 16.5. The number of fused-ring (bicyclic) bond motifs is 2. The van der Waals surface area contributed by atoms with Crippen molar-refractivity contribution in [2.75, 3.05) is 38.1 Å². The molecular weight excluding hydrogens is 514 g/mol. The molecule has 0 spiro atoms. The topological polar surface area (TPSA) is 24.9 Å². The summed E-state index contributed by atoms with van der Waals surface area (Å²) in [7, 11) is 0. The van der Waals surface area contributed by atoms with Crippen LogP contribution >= 0.6 is 25.3 Å². The van der Waals surface area contributed by atoms with E-state index in [4.69, 9.17) is 9.47 Å². The lowest BCUT2D eigenvalue weighted by Crippen LogP contribution is -2.55. The molecule has 2 aliphatic rings. The van der Waals surface area contributed by atoms with E-state index in [1.165, 1.54) is 12.1 Å². The maximum Gasteiger partial charge on any atom is 0.411 e. The van der Waals surface area contributed by atoms with Crippen LogP contribution in [0.4, 0.5) is 26.3 Å². The summed E-state index contributed by atoms with van der Waals surface area (Å²) in [6.07, 6.45) is -11.3. The van der Waals surface area contributed by atoms with Crippen LogP contribution in [0.2, 0.25) is 0 Å². The fourth-order valence-electron chi connectivity index (χ4n) is 4.60. The average Bonchev–Trinajstić information content (AvgIpc) is 2.77. The van der Waals surface area contributed by atoms with Crippen LogP contribution in [-0.4, -0.2) is 60.2 Å². The van der Waals surface area contributed by atoms with Gasteiger partial charge in [0.05, 0.1) is 0 Å². The molecule has 2 aliphatic heterocycles. The lowest BCUT2D eigenvalue weighted by molar-refractivity contribution is -0.288. The Morgan fingerprint density at radius 2 is 1.09 bits per heavy atom. The Morgan fingerprint density at radius 1 is 0.686 bits per heavy atom.